The fraction of sp³-hybridized carbons (Fsp3) is 0.700. The highest BCUT2D eigenvalue weighted by Gasteiger charge is 2.14. The Morgan fingerprint density at radius 3 is 2.26 bits per heavy atom. The lowest BCUT2D eigenvalue weighted by Gasteiger charge is -2.32. The van der Waals surface area contributed by atoms with Gasteiger partial charge in [0, 0.05) is 39.3 Å². The van der Waals surface area contributed by atoms with Gasteiger partial charge in [0.25, 0.3) is 0 Å². The minimum absolute atomic E-state index is 0.917. The molecule has 1 saturated heterocycles. The second-order valence-electron chi connectivity index (χ2n) is 7.53. The number of likely N-dealkylation sites (N-methyl/N-ethyl adjacent to an activating group) is 1. The molecule has 2 fully saturated rings. The molecule has 1 aliphatic heterocycles. The molecule has 0 aromatic heterocycles. The zero-order chi connectivity index (χ0) is 15.9. The van der Waals surface area contributed by atoms with Crippen molar-refractivity contribution in [3.05, 3.63) is 35.4 Å². The van der Waals surface area contributed by atoms with E-state index in [1.165, 1.54) is 76.0 Å². The first kappa shape index (κ1) is 16.9. The number of hydrogen-bond acceptors (Lipinski definition) is 3. The van der Waals surface area contributed by atoms with E-state index in [2.05, 4.69) is 46.4 Å². The van der Waals surface area contributed by atoms with Gasteiger partial charge in [-0.3, -0.25) is 4.90 Å². The number of nitrogens with zero attached hydrogens (tertiary/aromatic N) is 2. The average molecular weight is 316 g/mol. The van der Waals surface area contributed by atoms with Crippen molar-refractivity contribution in [2.45, 2.75) is 45.2 Å². The molecular weight excluding hydrogens is 282 g/mol. The summed E-state index contributed by atoms with van der Waals surface area (Å²) in [5.74, 6) is 0.917. The topological polar surface area (TPSA) is 18.5 Å². The summed E-state index contributed by atoms with van der Waals surface area (Å²) in [6, 6.07) is 9.24. The molecule has 3 heteroatoms. The maximum Gasteiger partial charge on any atom is 0.0234 e. The normalized spacial score (nSPS) is 21.6. The third kappa shape index (κ3) is 5.59. The molecule has 23 heavy (non-hydrogen) atoms. The minimum atomic E-state index is 0.917. The minimum Gasteiger partial charge on any atom is -0.312 e. The Kier molecular flexibility index (Phi) is 6.49. The van der Waals surface area contributed by atoms with Gasteiger partial charge in [-0.05, 0) is 43.5 Å². The van der Waals surface area contributed by atoms with Crippen LogP contribution >= 0.6 is 0 Å². The van der Waals surface area contributed by atoms with Crippen molar-refractivity contribution in [3.8, 4) is 0 Å². The van der Waals surface area contributed by atoms with Crippen LogP contribution in [0, 0.1) is 5.92 Å². The molecule has 0 amide bonds. The predicted octanol–water partition coefficient (Wildman–Crippen LogP) is 3.10. The molecule has 2 aliphatic rings. The third-order valence-electron chi connectivity index (χ3n) is 5.51. The molecule has 0 bridgehead atoms. The van der Waals surface area contributed by atoms with Crippen LogP contribution in [0.4, 0.5) is 0 Å². The summed E-state index contributed by atoms with van der Waals surface area (Å²) in [7, 11) is 2.21. The van der Waals surface area contributed by atoms with Crippen LogP contribution < -0.4 is 5.32 Å². The largest absolute Gasteiger partial charge is 0.312 e. The van der Waals surface area contributed by atoms with Gasteiger partial charge in [0.2, 0.25) is 0 Å². The Bertz CT molecular complexity index is 442. The maximum atomic E-state index is 3.66. The van der Waals surface area contributed by atoms with Crippen molar-refractivity contribution >= 4 is 0 Å². The molecule has 1 aliphatic carbocycles. The molecule has 3 rings (SSSR count). The van der Waals surface area contributed by atoms with Crippen LogP contribution in [0.2, 0.25) is 0 Å². The van der Waals surface area contributed by atoms with Crippen molar-refractivity contribution < 1.29 is 0 Å². The Labute approximate surface area is 142 Å². The number of piperazine rings is 1. The van der Waals surface area contributed by atoms with Gasteiger partial charge < -0.3 is 10.2 Å². The Balaban J connectivity index is 1.38. The zero-order valence-corrected chi connectivity index (χ0v) is 14.8. The average Bonchev–Trinajstić information content (AvgIpc) is 2.59. The standard InChI is InChI=1S/C20H33N3/c1-22-11-13-23(14-12-22)17-20-9-7-19(8-10-20)16-21-15-18-5-3-2-4-6-18/h7-10,18,21H,2-6,11-17H2,1H3. The number of benzene rings is 1. The lowest BCUT2D eigenvalue weighted by atomic mass is 9.89. The van der Waals surface area contributed by atoms with Crippen LogP contribution in [0.25, 0.3) is 0 Å². The number of nitrogens with one attached hydrogen (secondary N) is 1. The summed E-state index contributed by atoms with van der Waals surface area (Å²) < 4.78 is 0. The van der Waals surface area contributed by atoms with E-state index in [0.717, 1.165) is 19.0 Å². The van der Waals surface area contributed by atoms with Crippen LogP contribution in [0.15, 0.2) is 24.3 Å². The van der Waals surface area contributed by atoms with E-state index >= 15 is 0 Å². The van der Waals surface area contributed by atoms with E-state index in [1.807, 2.05) is 0 Å². The smallest absolute Gasteiger partial charge is 0.0234 e. The fourth-order valence-corrected chi connectivity index (χ4v) is 3.84. The molecule has 1 aromatic carbocycles. The summed E-state index contributed by atoms with van der Waals surface area (Å²) in [5.41, 5.74) is 2.87. The van der Waals surface area contributed by atoms with Crippen LogP contribution in [0.3, 0.4) is 0 Å². The van der Waals surface area contributed by atoms with Crippen molar-refractivity contribution in [2.24, 2.45) is 5.92 Å². The van der Waals surface area contributed by atoms with Gasteiger partial charge in [0.1, 0.15) is 0 Å². The lowest BCUT2D eigenvalue weighted by molar-refractivity contribution is 0.148. The summed E-state index contributed by atoms with van der Waals surface area (Å²) in [6.07, 6.45) is 7.18. The van der Waals surface area contributed by atoms with Gasteiger partial charge in [-0.1, -0.05) is 43.5 Å². The summed E-state index contributed by atoms with van der Waals surface area (Å²) >= 11 is 0. The molecule has 1 N–H and O–H groups in total. The number of rotatable bonds is 6. The van der Waals surface area contributed by atoms with Crippen LogP contribution in [0.1, 0.15) is 43.2 Å². The van der Waals surface area contributed by atoms with Gasteiger partial charge in [-0.2, -0.15) is 0 Å². The Hall–Kier alpha value is -0.900. The lowest BCUT2D eigenvalue weighted by Crippen LogP contribution is -2.43. The maximum absolute atomic E-state index is 3.66. The van der Waals surface area contributed by atoms with E-state index < -0.39 is 0 Å². The third-order valence-corrected chi connectivity index (χ3v) is 5.51. The molecule has 128 valence electrons. The molecule has 3 nitrogen and oxygen atoms in total. The van der Waals surface area contributed by atoms with Crippen molar-refractivity contribution in [1.29, 1.82) is 0 Å². The second kappa shape index (κ2) is 8.81. The highest BCUT2D eigenvalue weighted by atomic mass is 15.2. The van der Waals surface area contributed by atoms with Gasteiger partial charge in [-0.15, -0.1) is 0 Å². The Morgan fingerprint density at radius 2 is 1.57 bits per heavy atom. The van der Waals surface area contributed by atoms with Crippen molar-refractivity contribution in [2.75, 3.05) is 39.8 Å². The first-order chi connectivity index (χ1) is 11.3. The molecule has 1 aromatic rings. The van der Waals surface area contributed by atoms with Gasteiger partial charge in [-0.25, -0.2) is 0 Å². The molecule has 0 radical (unpaired) electrons. The molecule has 1 heterocycles. The highest BCUT2D eigenvalue weighted by Crippen LogP contribution is 2.22. The van der Waals surface area contributed by atoms with Crippen molar-refractivity contribution in [1.82, 2.24) is 15.1 Å². The zero-order valence-electron chi connectivity index (χ0n) is 14.8. The van der Waals surface area contributed by atoms with E-state index in [9.17, 15) is 0 Å². The summed E-state index contributed by atoms with van der Waals surface area (Å²) in [5, 5.41) is 3.66. The first-order valence-electron chi connectivity index (χ1n) is 9.49. The number of hydrogen-bond donors (Lipinski definition) is 1. The van der Waals surface area contributed by atoms with E-state index in [4.69, 9.17) is 0 Å². The molecule has 0 atom stereocenters. The first-order valence-corrected chi connectivity index (χ1v) is 9.49. The highest BCUT2D eigenvalue weighted by molar-refractivity contribution is 5.22. The monoisotopic (exact) mass is 315 g/mol. The van der Waals surface area contributed by atoms with Crippen LogP contribution in [-0.4, -0.2) is 49.6 Å². The Morgan fingerprint density at radius 1 is 0.913 bits per heavy atom. The molecule has 0 unspecified atom stereocenters. The molecule has 0 spiro atoms. The fourth-order valence-electron chi connectivity index (χ4n) is 3.84. The van der Waals surface area contributed by atoms with Crippen LogP contribution in [0.5, 0.6) is 0 Å². The van der Waals surface area contributed by atoms with E-state index in [1.54, 1.807) is 0 Å². The molecular formula is C20H33N3. The SMILES string of the molecule is CN1CCN(Cc2ccc(CNCC3CCCCC3)cc2)CC1. The van der Waals surface area contributed by atoms with E-state index in [-0.39, 0.29) is 0 Å². The van der Waals surface area contributed by atoms with Gasteiger partial charge in [0.15, 0.2) is 0 Å². The van der Waals surface area contributed by atoms with Crippen LogP contribution in [-0.2, 0) is 13.1 Å². The van der Waals surface area contributed by atoms with E-state index in [0.29, 0.717) is 0 Å². The molecule has 1 saturated carbocycles. The second-order valence-corrected chi connectivity index (χ2v) is 7.53. The summed E-state index contributed by atoms with van der Waals surface area (Å²) in [4.78, 5) is 4.98. The van der Waals surface area contributed by atoms with Gasteiger partial charge >= 0.3 is 0 Å². The predicted molar refractivity (Wildman–Crippen MR) is 97.5 cm³/mol. The van der Waals surface area contributed by atoms with Crippen molar-refractivity contribution in [3.63, 3.8) is 0 Å². The quantitative estimate of drug-likeness (QED) is 0.870. The summed E-state index contributed by atoms with van der Waals surface area (Å²) in [6.45, 7) is 8.10. The van der Waals surface area contributed by atoms with Gasteiger partial charge in [0.05, 0.1) is 0 Å².